The molecule has 0 radical (unpaired) electrons. The zero-order chi connectivity index (χ0) is 41.9. The molecule has 0 rings (SSSR count). The fraction of sp³-hybridized carbons (Fsp3) is 0.907. The van der Waals surface area contributed by atoms with E-state index in [9.17, 15) is 9.90 Å². The lowest BCUT2D eigenvalue weighted by molar-refractivity contribution is -0.154. The van der Waals surface area contributed by atoms with Crippen molar-refractivity contribution in [2.75, 3.05) is 19.8 Å². The predicted molar refractivity (Wildman–Crippen MR) is 256 cm³/mol. The van der Waals surface area contributed by atoms with Crippen LogP contribution < -0.4 is 0 Å². The van der Waals surface area contributed by atoms with Crippen LogP contribution in [0, 0.1) is 0 Å². The van der Waals surface area contributed by atoms with Crippen molar-refractivity contribution in [2.45, 2.75) is 296 Å². The molecule has 0 amide bonds. The van der Waals surface area contributed by atoms with Gasteiger partial charge in [-0.25, -0.2) is 0 Å². The average Bonchev–Trinajstić information content (AvgIpc) is 3.23. The van der Waals surface area contributed by atoms with Gasteiger partial charge >= 0.3 is 5.97 Å². The van der Waals surface area contributed by atoms with Crippen LogP contribution in [0.15, 0.2) is 24.3 Å². The highest BCUT2D eigenvalue weighted by Crippen LogP contribution is 2.17. The van der Waals surface area contributed by atoms with Gasteiger partial charge in [0.25, 0.3) is 0 Å². The first-order chi connectivity index (χ1) is 28.7. The highest BCUT2D eigenvalue weighted by Gasteiger charge is 2.13. The quantitative estimate of drug-likeness (QED) is 0.0377. The van der Waals surface area contributed by atoms with Gasteiger partial charge in [0, 0.05) is 13.0 Å². The van der Waals surface area contributed by atoms with Gasteiger partial charge in [0.15, 0.2) is 0 Å². The van der Waals surface area contributed by atoms with E-state index in [0.29, 0.717) is 19.6 Å². The summed E-state index contributed by atoms with van der Waals surface area (Å²) in [5.41, 5.74) is 0. The Morgan fingerprint density at radius 1 is 0.414 bits per heavy atom. The molecule has 4 heteroatoms. The second-order valence-corrected chi connectivity index (χ2v) is 18.0. The molecule has 0 heterocycles. The van der Waals surface area contributed by atoms with Crippen LogP contribution in [0.5, 0.6) is 0 Å². The molecule has 344 valence electrons. The fourth-order valence-corrected chi connectivity index (χ4v) is 8.07. The summed E-state index contributed by atoms with van der Waals surface area (Å²) in [5.74, 6) is -0.193. The van der Waals surface area contributed by atoms with E-state index in [4.69, 9.17) is 9.47 Å². The molecule has 0 saturated heterocycles. The van der Waals surface area contributed by atoms with Crippen LogP contribution >= 0.6 is 0 Å². The maximum absolute atomic E-state index is 12.3. The molecular formula is C54H104O4. The standard InChI is InChI=1S/C54H104O4/c1-3-5-7-9-11-13-15-17-19-21-23-25-26-27-28-29-30-32-34-36-38-40-42-44-46-48-50-57-52-53(51-55)58-54(56)49-47-45-43-41-39-37-35-33-31-24-22-20-18-16-14-12-10-8-6-4-2/h15,17,21,23,53,55H,3-14,16,18-20,22,24-52H2,1-2H3/b17-15-,23-21-. The van der Waals surface area contributed by atoms with Gasteiger partial charge in [-0.2, -0.15) is 0 Å². The number of hydrogen-bond acceptors (Lipinski definition) is 4. The molecule has 1 unspecified atom stereocenters. The normalized spacial score (nSPS) is 12.4. The van der Waals surface area contributed by atoms with E-state index < -0.39 is 6.10 Å². The van der Waals surface area contributed by atoms with Crippen molar-refractivity contribution in [3.05, 3.63) is 24.3 Å². The number of allylic oxidation sites excluding steroid dienone is 4. The minimum absolute atomic E-state index is 0.166. The number of ether oxygens (including phenoxy) is 2. The maximum atomic E-state index is 12.3. The molecule has 0 aromatic carbocycles. The summed E-state index contributed by atoms with van der Waals surface area (Å²) >= 11 is 0. The Kier molecular flexibility index (Phi) is 51.0. The third-order valence-electron chi connectivity index (χ3n) is 12.0. The third-order valence-corrected chi connectivity index (χ3v) is 12.0. The second-order valence-electron chi connectivity index (χ2n) is 18.0. The summed E-state index contributed by atoms with van der Waals surface area (Å²) < 4.78 is 11.2. The molecule has 0 aromatic heterocycles. The van der Waals surface area contributed by atoms with E-state index in [2.05, 4.69) is 38.2 Å². The number of unbranched alkanes of at least 4 members (excludes halogenated alkanes) is 38. The van der Waals surface area contributed by atoms with Gasteiger partial charge in [-0.05, 0) is 44.9 Å². The number of hydrogen-bond donors (Lipinski definition) is 1. The number of carbonyl (C=O) groups excluding carboxylic acids is 1. The van der Waals surface area contributed by atoms with Crippen molar-refractivity contribution in [1.29, 1.82) is 0 Å². The Morgan fingerprint density at radius 3 is 1.07 bits per heavy atom. The number of rotatable bonds is 50. The zero-order valence-corrected chi connectivity index (χ0v) is 39.6. The van der Waals surface area contributed by atoms with Crippen LogP contribution in [0.25, 0.3) is 0 Å². The summed E-state index contributed by atoms with van der Waals surface area (Å²) in [6, 6.07) is 0. The Hall–Kier alpha value is -1.13. The Morgan fingerprint density at radius 2 is 0.724 bits per heavy atom. The van der Waals surface area contributed by atoms with E-state index in [0.717, 1.165) is 25.7 Å². The molecule has 0 aliphatic rings. The minimum atomic E-state index is -0.530. The summed E-state index contributed by atoms with van der Waals surface area (Å²) in [6.07, 6.45) is 65.6. The van der Waals surface area contributed by atoms with E-state index >= 15 is 0 Å². The molecule has 0 bridgehead atoms. The van der Waals surface area contributed by atoms with Crippen LogP contribution in [-0.2, 0) is 14.3 Å². The number of carbonyl (C=O) groups is 1. The highest BCUT2D eigenvalue weighted by molar-refractivity contribution is 5.69. The van der Waals surface area contributed by atoms with E-state index in [1.54, 1.807) is 0 Å². The van der Waals surface area contributed by atoms with Crippen LogP contribution in [0.3, 0.4) is 0 Å². The lowest BCUT2D eigenvalue weighted by Crippen LogP contribution is -2.27. The Labute approximate surface area is 364 Å². The van der Waals surface area contributed by atoms with Crippen LogP contribution in [0.4, 0.5) is 0 Å². The highest BCUT2D eigenvalue weighted by atomic mass is 16.6. The van der Waals surface area contributed by atoms with Gasteiger partial charge in [-0.15, -0.1) is 0 Å². The topological polar surface area (TPSA) is 55.8 Å². The van der Waals surface area contributed by atoms with Crippen molar-refractivity contribution in [3.8, 4) is 0 Å². The molecule has 58 heavy (non-hydrogen) atoms. The lowest BCUT2D eigenvalue weighted by Gasteiger charge is -2.16. The van der Waals surface area contributed by atoms with E-state index in [1.807, 2.05) is 0 Å². The molecule has 0 fully saturated rings. The molecule has 4 nitrogen and oxygen atoms in total. The number of aliphatic hydroxyl groups is 1. The predicted octanol–water partition coefficient (Wildman–Crippen LogP) is 17.8. The molecule has 1 atom stereocenters. The van der Waals surface area contributed by atoms with Crippen molar-refractivity contribution in [3.63, 3.8) is 0 Å². The van der Waals surface area contributed by atoms with E-state index in [1.165, 1.54) is 244 Å². The average molecular weight is 817 g/mol. The maximum Gasteiger partial charge on any atom is 0.306 e. The molecule has 1 N–H and O–H groups in total. The van der Waals surface area contributed by atoms with Gasteiger partial charge in [0.2, 0.25) is 0 Å². The summed E-state index contributed by atoms with van der Waals surface area (Å²) in [7, 11) is 0. The van der Waals surface area contributed by atoms with Crippen LogP contribution in [-0.4, -0.2) is 37.0 Å². The van der Waals surface area contributed by atoms with Crippen LogP contribution in [0.2, 0.25) is 0 Å². The summed E-state index contributed by atoms with van der Waals surface area (Å²) in [6.45, 7) is 5.39. The van der Waals surface area contributed by atoms with Crippen LogP contribution in [0.1, 0.15) is 290 Å². The second kappa shape index (κ2) is 52.0. The largest absolute Gasteiger partial charge is 0.457 e. The molecule has 0 aromatic rings. The van der Waals surface area contributed by atoms with Crippen molar-refractivity contribution >= 4 is 5.97 Å². The SMILES string of the molecule is CCCCCCC/C=C\C/C=C\CCCCCCCCCCCCCCCCOCC(CO)OC(=O)CCCCCCCCCCCCCCCCCCCCCC. The summed E-state index contributed by atoms with van der Waals surface area (Å²) in [4.78, 5) is 12.3. The number of aliphatic hydroxyl groups excluding tert-OH is 1. The number of esters is 1. The Balaban J connectivity index is 3.35. The first-order valence-corrected chi connectivity index (χ1v) is 26.4. The van der Waals surface area contributed by atoms with E-state index in [-0.39, 0.29) is 12.6 Å². The monoisotopic (exact) mass is 817 g/mol. The molecule has 0 spiro atoms. The Bertz CT molecular complexity index is 822. The van der Waals surface area contributed by atoms with Gasteiger partial charge in [-0.3, -0.25) is 4.79 Å². The first-order valence-electron chi connectivity index (χ1n) is 26.4. The smallest absolute Gasteiger partial charge is 0.306 e. The third kappa shape index (κ3) is 49.2. The van der Waals surface area contributed by atoms with Gasteiger partial charge < -0.3 is 14.6 Å². The van der Waals surface area contributed by atoms with Crippen molar-refractivity contribution in [1.82, 2.24) is 0 Å². The summed E-state index contributed by atoms with van der Waals surface area (Å²) in [5, 5.41) is 9.66. The first kappa shape index (κ1) is 56.9. The zero-order valence-electron chi connectivity index (χ0n) is 39.6. The van der Waals surface area contributed by atoms with Gasteiger partial charge in [-0.1, -0.05) is 263 Å². The van der Waals surface area contributed by atoms with Gasteiger partial charge in [0.05, 0.1) is 13.2 Å². The lowest BCUT2D eigenvalue weighted by atomic mass is 10.0. The fourth-order valence-electron chi connectivity index (χ4n) is 8.07. The van der Waals surface area contributed by atoms with Gasteiger partial charge in [0.1, 0.15) is 6.10 Å². The minimum Gasteiger partial charge on any atom is -0.457 e. The molecule has 0 aliphatic heterocycles. The molecular weight excluding hydrogens is 713 g/mol. The van der Waals surface area contributed by atoms with Crippen molar-refractivity contribution in [2.24, 2.45) is 0 Å². The van der Waals surface area contributed by atoms with Crippen molar-refractivity contribution < 1.29 is 19.4 Å². The molecule has 0 aliphatic carbocycles. The molecule has 0 saturated carbocycles.